The molecule has 5 heterocycles. The highest BCUT2D eigenvalue weighted by atomic mass is 32.2. The number of benzene rings is 1. The molecule has 1 aliphatic heterocycles. The summed E-state index contributed by atoms with van der Waals surface area (Å²) in [5.74, 6) is -0.420. The maximum atomic E-state index is 12.8. The third-order valence-corrected chi connectivity index (χ3v) is 9.80. The fraction of sp³-hybridized carbons (Fsp3) is 0.188. The van der Waals surface area contributed by atoms with Gasteiger partial charge in [0.25, 0.3) is 10.9 Å². The number of pyridine rings is 2. The standard InChI is InChI=1S/C22H24N4O2S.C10H7NO2S/c1-25-11-13-26(14-12-25)18-15-16(6-7-19(18)28-2)24-22(27)21-9-8-20(29-21)17-5-3-4-10-23-17;12-10(13)8-4-3-7-14(8)9-5-1-2-6-11-9/h3-10,15H,11-14H2,1-2H3,(H,24,27);1-7H. The number of thiophene rings is 2. The van der Waals surface area contributed by atoms with Gasteiger partial charge in [0.15, 0.2) is 0 Å². The Morgan fingerprint density at radius 3 is 2.37 bits per heavy atom. The van der Waals surface area contributed by atoms with Crippen molar-refractivity contribution in [2.45, 2.75) is 0 Å². The second-order valence-electron chi connectivity index (χ2n) is 9.66. The zero-order chi connectivity index (χ0) is 30.2. The van der Waals surface area contributed by atoms with Crippen LogP contribution in [-0.2, 0) is 0 Å². The number of carbonyl (C=O) groups is 2. The van der Waals surface area contributed by atoms with Crippen molar-refractivity contribution >= 4 is 45.1 Å². The van der Waals surface area contributed by atoms with Crippen molar-refractivity contribution in [3.63, 3.8) is 0 Å². The van der Waals surface area contributed by atoms with Gasteiger partial charge in [-0.3, -0.25) is 9.78 Å². The van der Waals surface area contributed by atoms with E-state index in [0.717, 1.165) is 58.9 Å². The SMILES string of the molecule is COc1ccc(NC(=O)c2ccc(-c3ccccn3)s2)cc1N1CCN(C)CC1.O=C([O-])c1ccc[s+]1-c1ccccn1. The molecule has 43 heavy (non-hydrogen) atoms. The van der Waals surface area contributed by atoms with Gasteiger partial charge >= 0.3 is 0 Å². The van der Waals surface area contributed by atoms with Crippen LogP contribution in [0.25, 0.3) is 15.6 Å². The number of ether oxygens (including phenoxy) is 1. The van der Waals surface area contributed by atoms with Gasteiger partial charge in [-0.1, -0.05) is 12.1 Å². The summed E-state index contributed by atoms with van der Waals surface area (Å²) in [5.41, 5.74) is 2.65. The Kier molecular flexibility index (Phi) is 9.77. The average molecular weight is 614 g/mol. The zero-order valence-corrected chi connectivity index (χ0v) is 25.4. The van der Waals surface area contributed by atoms with E-state index in [1.54, 1.807) is 37.7 Å². The van der Waals surface area contributed by atoms with Crippen LogP contribution < -0.4 is 20.1 Å². The molecule has 1 saturated heterocycles. The number of piperazine rings is 1. The van der Waals surface area contributed by atoms with Gasteiger partial charge in [-0.05, 0) is 61.6 Å². The van der Waals surface area contributed by atoms with E-state index in [-0.39, 0.29) is 5.91 Å². The highest BCUT2D eigenvalue weighted by Gasteiger charge is 2.20. The predicted octanol–water partition coefficient (Wildman–Crippen LogP) is 5.01. The Morgan fingerprint density at radius 1 is 0.930 bits per heavy atom. The Hall–Kier alpha value is -4.58. The normalized spacial score (nSPS) is 13.5. The minimum Gasteiger partial charge on any atom is -0.540 e. The number of nitrogens with one attached hydrogen (secondary N) is 1. The first-order valence-electron chi connectivity index (χ1n) is 13.6. The molecule has 0 aliphatic carbocycles. The largest absolute Gasteiger partial charge is 0.540 e. The number of aromatic nitrogens is 2. The van der Waals surface area contributed by atoms with Crippen LogP contribution in [0.3, 0.4) is 0 Å². The highest BCUT2D eigenvalue weighted by Crippen LogP contribution is 2.34. The van der Waals surface area contributed by atoms with E-state index >= 15 is 0 Å². The summed E-state index contributed by atoms with van der Waals surface area (Å²) in [4.78, 5) is 38.5. The maximum Gasteiger partial charge on any atom is 0.271 e. The molecule has 0 radical (unpaired) electrons. The number of carbonyl (C=O) groups excluding carboxylic acids is 2. The lowest BCUT2D eigenvalue weighted by Gasteiger charge is -2.34. The van der Waals surface area contributed by atoms with E-state index < -0.39 is 16.4 Å². The summed E-state index contributed by atoms with van der Waals surface area (Å²) in [6.45, 7) is 3.88. The summed E-state index contributed by atoms with van der Waals surface area (Å²) < 4.78 is 5.55. The Labute approximate surface area is 257 Å². The van der Waals surface area contributed by atoms with Gasteiger partial charge < -0.3 is 29.8 Å². The van der Waals surface area contributed by atoms with Crippen LogP contribution in [0.2, 0.25) is 0 Å². The van der Waals surface area contributed by atoms with Crippen LogP contribution in [-0.4, -0.2) is 67.1 Å². The van der Waals surface area contributed by atoms with E-state index in [0.29, 0.717) is 9.75 Å². The average Bonchev–Trinajstić information content (AvgIpc) is 3.74. The molecule has 4 aromatic heterocycles. The van der Waals surface area contributed by atoms with Crippen molar-refractivity contribution in [2.75, 3.05) is 50.6 Å². The topological polar surface area (TPSA) is 111 Å². The third-order valence-electron chi connectivity index (χ3n) is 6.79. The first kappa shape index (κ1) is 29.9. The van der Waals surface area contributed by atoms with Crippen LogP contribution in [0.4, 0.5) is 11.4 Å². The van der Waals surface area contributed by atoms with E-state index in [4.69, 9.17) is 4.74 Å². The highest BCUT2D eigenvalue weighted by molar-refractivity contribution is 7.39. The lowest BCUT2D eigenvalue weighted by Crippen LogP contribution is -2.44. The molecule has 1 aliphatic rings. The van der Waals surface area contributed by atoms with E-state index in [1.807, 2.05) is 66.0 Å². The summed E-state index contributed by atoms with van der Waals surface area (Å²) in [5, 5.41) is 16.4. The number of hydrogen-bond acceptors (Lipinski definition) is 9. The lowest BCUT2D eigenvalue weighted by atomic mass is 10.2. The molecule has 6 rings (SSSR count). The molecular weight excluding hydrogens is 583 g/mol. The molecule has 1 unspecified atom stereocenters. The summed E-state index contributed by atoms with van der Waals surface area (Å²) in [7, 11) is 3.26. The number of likely N-dealkylation sites (N-methyl/N-ethyl adjacent to an activating group) is 1. The monoisotopic (exact) mass is 613 g/mol. The Balaban J connectivity index is 0.000000220. The van der Waals surface area contributed by atoms with Crippen LogP contribution in [0.15, 0.2) is 96.6 Å². The van der Waals surface area contributed by atoms with Crippen molar-refractivity contribution in [3.8, 4) is 21.3 Å². The number of aromatic carboxylic acids is 1. The summed E-state index contributed by atoms with van der Waals surface area (Å²) >= 11 is 1.44. The molecule has 5 aromatic rings. The first-order chi connectivity index (χ1) is 20.9. The van der Waals surface area contributed by atoms with Gasteiger partial charge in [-0.25, -0.2) is 4.98 Å². The molecular formula is C32H31N5O4S2. The minimum atomic E-state index is -1.12. The van der Waals surface area contributed by atoms with Gasteiger partial charge in [0, 0.05) is 66.9 Å². The molecule has 0 spiro atoms. The molecule has 1 amide bonds. The predicted molar refractivity (Wildman–Crippen MR) is 171 cm³/mol. The summed E-state index contributed by atoms with van der Waals surface area (Å²) in [6, 6.07) is 24.1. The number of hydrogen-bond donors (Lipinski definition) is 1. The molecule has 1 fully saturated rings. The number of carboxylic acid groups (broad SMARTS) is 1. The van der Waals surface area contributed by atoms with Crippen molar-refractivity contribution in [2.24, 2.45) is 0 Å². The maximum absolute atomic E-state index is 12.8. The number of rotatable bonds is 7. The molecule has 11 heteroatoms. The molecule has 1 N–H and O–H groups in total. The van der Waals surface area contributed by atoms with Gasteiger partial charge in [-0.2, -0.15) is 0 Å². The molecule has 9 nitrogen and oxygen atoms in total. The smallest absolute Gasteiger partial charge is 0.271 e. The number of amides is 1. The molecule has 1 atom stereocenters. The van der Waals surface area contributed by atoms with Crippen LogP contribution in [0.5, 0.6) is 5.75 Å². The van der Waals surface area contributed by atoms with E-state index in [2.05, 4.69) is 32.1 Å². The van der Waals surface area contributed by atoms with Crippen LogP contribution in [0, 0.1) is 0 Å². The van der Waals surface area contributed by atoms with Crippen molar-refractivity contribution in [1.82, 2.24) is 14.9 Å². The second-order valence-corrected chi connectivity index (χ2v) is 12.6. The fourth-order valence-electron chi connectivity index (χ4n) is 4.53. The molecule has 220 valence electrons. The zero-order valence-electron chi connectivity index (χ0n) is 23.8. The van der Waals surface area contributed by atoms with Crippen molar-refractivity contribution in [1.29, 1.82) is 0 Å². The molecule has 0 bridgehead atoms. The van der Waals surface area contributed by atoms with E-state index in [1.165, 1.54) is 11.3 Å². The third kappa shape index (κ3) is 7.44. The Morgan fingerprint density at radius 2 is 1.70 bits per heavy atom. The van der Waals surface area contributed by atoms with Crippen LogP contribution in [0.1, 0.15) is 19.3 Å². The Bertz CT molecular complexity index is 1670. The second kappa shape index (κ2) is 14.1. The van der Waals surface area contributed by atoms with Gasteiger partial charge in [0.2, 0.25) is 4.88 Å². The summed E-state index contributed by atoms with van der Waals surface area (Å²) in [6.07, 6.45) is 3.41. The quantitative estimate of drug-likeness (QED) is 0.255. The van der Waals surface area contributed by atoms with Crippen molar-refractivity contribution < 1.29 is 19.4 Å². The first-order valence-corrected chi connectivity index (χ1v) is 15.7. The number of nitrogens with zero attached hydrogens (tertiary/aromatic N) is 4. The van der Waals surface area contributed by atoms with Crippen LogP contribution >= 0.6 is 21.8 Å². The lowest BCUT2D eigenvalue weighted by molar-refractivity contribution is -0.254. The van der Waals surface area contributed by atoms with Gasteiger partial charge in [0.05, 0.1) is 28.2 Å². The fourth-order valence-corrected chi connectivity index (χ4v) is 6.96. The number of anilines is 2. The minimum absolute atomic E-state index is 0.119. The molecule has 1 aromatic carbocycles. The van der Waals surface area contributed by atoms with E-state index in [9.17, 15) is 14.7 Å². The van der Waals surface area contributed by atoms with Gasteiger partial charge in [0.1, 0.15) is 17.1 Å². The number of methoxy groups -OCH3 is 1. The van der Waals surface area contributed by atoms with Crippen molar-refractivity contribution in [3.05, 3.63) is 106 Å². The number of carboxylic acids is 1. The molecule has 0 saturated carbocycles. The van der Waals surface area contributed by atoms with Gasteiger partial charge in [-0.15, -0.1) is 11.3 Å².